The fourth-order valence-corrected chi connectivity index (χ4v) is 2.10. The molecule has 0 atom stereocenters. The van der Waals surface area contributed by atoms with Gasteiger partial charge in [-0.3, -0.25) is 9.78 Å². The molecule has 2 aromatic heterocycles. The van der Waals surface area contributed by atoms with Crippen LogP contribution in [-0.2, 0) is 14.3 Å². The van der Waals surface area contributed by atoms with Gasteiger partial charge in [-0.25, -0.2) is 9.78 Å². The highest BCUT2D eigenvalue weighted by atomic mass is 35.5. The van der Waals surface area contributed by atoms with E-state index in [2.05, 4.69) is 15.3 Å². The molecular weight excluding hydrogens is 322 g/mol. The van der Waals surface area contributed by atoms with E-state index in [9.17, 15) is 9.59 Å². The van der Waals surface area contributed by atoms with E-state index in [1.807, 2.05) is 0 Å². The van der Waals surface area contributed by atoms with Gasteiger partial charge in [0.15, 0.2) is 0 Å². The van der Waals surface area contributed by atoms with Gasteiger partial charge < -0.3 is 14.8 Å². The van der Waals surface area contributed by atoms with Gasteiger partial charge in [-0.05, 0) is 26.0 Å². The number of ether oxygens (including phenoxy) is 2. The summed E-state index contributed by atoms with van der Waals surface area (Å²) in [5, 5.41) is 3.12. The third-order valence-corrected chi connectivity index (χ3v) is 3.10. The van der Waals surface area contributed by atoms with Crippen molar-refractivity contribution < 1.29 is 19.1 Å². The Balaban J connectivity index is 2.45. The number of fused-ring (bicyclic) bond motifs is 1. The zero-order chi connectivity index (χ0) is 16.8. The second kappa shape index (κ2) is 7.73. The Bertz CT molecular complexity index is 736. The summed E-state index contributed by atoms with van der Waals surface area (Å²) < 4.78 is 9.87. The molecule has 0 fully saturated rings. The Labute approximate surface area is 138 Å². The fourth-order valence-electron chi connectivity index (χ4n) is 1.96. The number of pyridine rings is 2. The minimum absolute atomic E-state index is 0.118. The highest BCUT2D eigenvalue weighted by molar-refractivity contribution is 6.29. The molecule has 2 rings (SSSR count). The molecule has 0 amide bonds. The van der Waals surface area contributed by atoms with E-state index >= 15 is 0 Å². The van der Waals surface area contributed by atoms with E-state index in [0.717, 1.165) is 0 Å². The maximum absolute atomic E-state index is 12.1. The maximum Gasteiger partial charge on any atom is 0.341 e. The Morgan fingerprint density at radius 2 is 1.96 bits per heavy atom. The number of aromatic nitrogens is 2. The molecule has 23 heavy (non-hydrogen) atoms. The summed E-state index contributed by atoms with van der Waals surface area (Å²) in [4.78, 5) is 32.0. The minimum Gasteiger partial charge on any atom is -0.465 e. The summed E-state index contributed by atoms with van der Waals surface area (Å²) in [7, 11) is 0. The highest BCUT2D eigenvalue weighted by Gasteiger charge is 2.18. The SMILES string of the molecule is CCOC(=O)CNc1c(C(=O)OCC)cnc2ccc(Cl)nc12. The molecule has 7 nitrogen and oxygen atoms in total. The fraction of sp³-hybridized carbons (Fsp3) is 0.333. The van der Waals surface area contributed by atoms with E-state index in [1.54, 1.807) is 26.0 Å². The molecule has 0 unspecified atom stereocenters. The van der Waals surface area contributed by atoms with Gasteiger partial charge in [0.05, 0.1) is 24.4 Å². The zero-order valence-corrected chi connectivity index (χ0v) is 13.5. The molecule has 0 saturated heterocycles. The number of rotatable bonds is 6. The van der Waals surface area contributed by atoms with Gasteiger partial charge >= 0.3 is 11.9 Å². The smallest absolute Gasteiger partial charge is 0.341 e. The molecule has 122 valence electrons. The molecule has 0 saturated carbocycles. The summed E-state index contributed by atoms with van der Waals surface area (Å²) in [6.07, 6.45) is 1.38. The van der Waals surface area contributed by atoms with E-state index < -0.39 is 11.9 Å². The maximum atomic E-state index is 12.1. The van der Waals surface area contributed by atoms with Crippen LogP contribution in [0.25, 0.3) is 11.0 Å². The van der Waals surface area contributed by atoms with Gasteiger partial charge in [-0.1, -0.05) is 11.6 Å². The first-order valence-electron chi connectivity index (χ1n) is 7.08. The summed E-state index contributed by atoms with van der Waals surface area (Å²) in [5.74, 6) is -1.01. The summed E-state index contributed by atoms with van der Waals surface area (Å²) in [6.45, 7) is 3.79. The third-order valence-electron chi connectivity index (χ3n) is 2.89. The number of hydrogen-bond acceptors (Lipinski definition) is 7. The van der Waals surface area contributed by atoms with Gasteiger partial charge in [0.2, 0.25) is 0 Å². The summed E-state index contributed by atoms with van der Waals surface area (Å²) >= 11 is 5.92. The molecule has 1 N–H and O–H groups in total. The lowest BCUT2D eigenvalue weighted by Gasteiger charge is -2.13. The van der Waals surface area contributed by atoms with Crippen molar-refractivity contribution in [3.8, 4) is 0 Å². The molecule has 8 heteroatoms. The van der Waals surface area contributed by atoms with Crippen molar-refractivity contribution in [1.29, 1.82) is 0 Å². The number of esters is 2. The van der Waals surface area contributed by atoms with Gasteiger partial charge in [0.1, 0.15) is 22.8 Å². The highest BCUT2D eigenvalue weighted by Crippen LogP contribution is 2.26. The van der Waals surface area contributed by atoms with Gasteiger partial charge in [0.25, 0.3) is 0 Å². The van der Waals surface area contributed by atoms with Crippen molar-refractivity contribution in [3.63, 3.8) is 0 Å². The Kier molecular flexibility index (Phi) is 5.70. The van der Waals surface area contributed by atoms with E-state index in [-0.39, 0.29) is 30.5 Å². The van der Waals surface area contributed by atoms with E-state index in [1.165, 1.54) is 6.20 Å². The molecule has 0 aliphatic heterocycles. The number of carbonyl (C=O) groups excluding carboxylic acids is 2. The van der Waals surface area contributed by atoms with Crippen LogP contribution in [0.4, 0.5) is 5.69 Å². The molecule has 0 aliphatic rings. The predicted octanol–water partition coefficient (Wildman–Crippen LogP) is 2.43. The molecule has 0 bridgehead atoms. The topological polar surface area (TPSA) is 90.4 Å². The molecule has 2 heterocycles. The third kappa shape index (κ3) is 4.07. The summed E-state index contributed by atoms with van der Waals surface area (Å²) in [5.41, 5.74) is 1.43. The number of nitrogens with one attached hydrogen (secondary N) is 1. The Hall–Kier alpha value is -2.41. The molecule has 0 spiro atoms. The van der Waals surface area contributed by atoms with Crippen LogP contribution < -0.4 is 5.32 Å². The van der Waals surface area contributed by atoms with Crippen LogP contribution >= 0.6 is 11.6 Å². The predicted molar refractivity (Wildman–Crippen MR) is 85.6 cm³/mol. The van der Waals surface area contributed by atoms with Crippen molar-refractivity contribution in [2.24, 2.45) is 0 Å². The lowest BCUT2D eigenvalue weighted by atomic mass is 10.2. The monoisotopic (exact) mass is 337 g/mol. The molecule has 0 aliphatic carbocycles. The van der Waals surface area contributed by atoms with Crippen LogP contribution in [0.2, 0.25) is 5.15 Å². The number of nitrogens with zero attached hydrogens (tertiary/aromatic N) is 2. The molecular formula is C15H16ClN3O4. The van der Waals surface area contributed by atoms with Gasteiger partial charge in [-0.2, -0.15) is 0 Å². The average Bonchev–Trinajstić information content (AvgIpc) is 2.52. The van der Waals surface area contributed by atoms with Gasteiger partial charge in [-0.15, -0.1) is 0 Å². The molecule has 0 aromatic carbocycles. The first kappa shape index (κ1) is 17.0. The zero-order valence-electron chi connectivity index (χ0n) is 12.8. The normalized spacial score (nSPS) is 10.4. The quantitative estimate of drug-likeness (QED) is 0.639. The van der Waals surface area contributed by atoms with Crippen molar-refractivity contribution in [1.82, 2.24) is 9.97 Å². The lowest BCUT2D eigenvalue weighted by Crippen LogP contribution is -2.19. The van der Waals surface area contributed by atoms with Crippen LogP contribution in [0.1, 0.15) is 24.2 Å². The number of hydrogen-bond donors (Lipinski definition) is 1. The standard InChI is InChI=1S/C15H16ClN3O4/c1-3-22-12(20)8-18-13-9(15(21)23-4-2)7-17-10-5-6-11(16)19-14(10)13/h5-7H,3-4,8H2,1-2H3,(H,17,18). The van der Waals surface area contributed by atoms with Crippen molar-refractivity contribution in [2.45, 2.75) is 13.8 Å². The van der Waals surface area contributed by atoms with E-state index in [4.69, 9.17) is 21.1 Å². The lowest BCUT2D eigenvalue weighted by molar-refractivity contribution is -0.140. The van der Waals surface area contributed by atoms with Crippen LogP contribution in [0.3, 0.4) is 0 Å². The minimum atomic E-state index is -0.560. The Morgan fingerprint density at radius 1 is 1.22 bits per heavy atom. The number of anilines is 1. The van der Waals surface area contributed by atoms with E-state index in [0.29, 0.717) is 16.7 Å². The first-order chi connectivity index (χ1) is 11.1. The van der Waals surface area contributed by atoms with Crippen LogP contribution in [-0.4, -0.2) is 41.7 Å². The van der Waals surface area contributed by atoms with Gasteiger partial charge in [0, 0.05) is 6.20 Å². The van der Waals surface area contributed by atoms with Crippen molar-refractivity contribution >= 4 is 40.3 Å². The second-order valence-corrected chi connectivity index (χ2v) is 4.81. The van der Waals surface area contributed by atoms with Crippen LogP contribution in [0.5, 0.6) is 0 Å². The van der Waals surface area contributed by atoms with Crippen LogP contribution in [0.15, 0.2) is 18.3 Å². The Morgan fingerprint density at radius 3 is 2.65 bits per heavy atom. The second-order valence-electron chi connectivity index (χ2n) is 4.43. The van der Waals surface area contributed by atoms with Crippen molar-refractivity contribution in [3.05, 3.63) is 29.0 Å². The number of carbonyl (C=O) groups is 2. The largest absolute Gasteiger partial charge is 0.465 e. The molecule has 0 radical (unpaired) electrons. The van der Waals surface area contributed by atoms with Crippen molar-refractivity contribution in [2.75, 3.05) is 25.1 Å². The first-order valence-corrected chi connectivity index (χ1v) is 7.46. The summed E-state index contributed by atoms with van der Waals surface area (Å²) in [6, 6.07) is 3.27. The molecule has 2 aromatic rings. The average molecular weight is 338 g/mol. The number of halogens is 1. The van der Waals surface area contributed by atoms with Crippen LogP contribution in [0, 0.1) is 0 Å².